The molecule has 4 aromatic rings. The Bertz CT molecular complexity index is 1190. The molecule has 0 aliphatic carbocycles. The van der Waals surface area contributed by atoms with E-state index < -0.39 is 17.5 Å². The van der Waals surface area contributed by atoms with Crippen LogP contribution in [0.25, 0.3) is 21.8 Å². The summed E-state index contributed by atoms with van der Waals surface area (Å²) < 4.78 is 39.7. The van der Waals surface area contributed by atoms with Gasteiger partial charge in [0.2, 0.25) is 5.91 Å². The summed E-state index contributed by atoms with van der Waals surface area (Å²) in [5.74, 6) is -2.53. The molecule has 0 saturated heterocycles. The largest absolute Gasteiger partial charge is 0.309 e. The first kappa shape index (κ1) is 19.8. The van der Waals surface area contributed by atoms with Crippen LogP contribution >= 0.6 is 11.3 Å². The summed E-state index contributed by atoms with van der Waals surface area (Å²) in [6, 6.07) is 12.9. The molecule has 0 bridgehead atoms. The van der Waals surface area contributed by atoms with E-state index in [1.54, 1.807) is 12.1 Å². The van der Waals surface area contributed by atoms with Crippen molar-refractivity contribution in [3.05, 3.63) is 89.2 Å². The third kappa shape index (κ3) is 4.38. The van der Waals surface area contributed by atoms with E-state index in [-0.39, 0.29) is 18.1 Å². The predicted molar refractivity (Wildman–Crippen MR) is 109 cm³/mol. The second kappa shape index (κ2) is 8.46. The lowest BCUT2D eigenvalue weighted by atomic mass is 10.1. The highest BCUT2D eigenvalue weighted by molar-refractivity contribution is 7.13. The maximum Gasteiger partial charge on any atom is 0.230 e. The van der Waals surface area contributed by atoms with Gasteiger partial charge in [-0.1, -0.05) is 12.1 Å². The molecule has 0 fully saturated rings. The summed E-state index contributed by atoms with van der Waals surface area (Å²) in [5, 5.41) is 4.56. The molecule has 30 heavy (non-hydrogen) atoms. The van der Waals surface area contributed by atoms with E-state index in [0.717, 1.165) is 17.0 Å². The van der Waals surface area contributed by atoms with Crippen molar-refractivity contribution in [1.82, 2.24) is 9.97 Å². The molecule has 0 spiro atoms. The molecule has 0 atom stereocenters. The van der Waals surface area contributed by atoms with E-state index in [1.807, 2.05) is 17.5 Å². The van der Waals surface area contributed by atoms with Crippen molar-refractivity contribution in [1.29, 1.82) is 0 Å². The quantitative estimate of drug-likeness (QED) is 0.461. The number of thiophene rings is 1. The fourth-order valence-corrected chi connectivity index (χ4v) is 3.55. The lowest BCUT2D eigenvalue weighted by molar-refractivity contribution is -0.115. The van der Waals surface area contributed by atoms with Crippen LogP contribution in [0, 0.1) is 17.5 Å². The van der Waals surface area contributed by atoms with Gasteiger partial charge in [0, 0.05) is 5.56 Å². The third-order valence-corrected chi connectivity index (χ3v) is 5.15. The van der Waals surface area contributed by atoms with Crippen molar-refractivity contribution in [2.75, 3.05) is 5.32 Å². The minimum Gasteiger partial charge on any atom is -0.309 e. The number of carbonyl (C=O) groups is 1. The molecular weight excluding hydrogens is 411 g/mol. The fraction of sp³-hybridized carbons (Fsp3) is 0.0455. The number of benzene rings is 2. The molecule has 0 aliphatic rings. The van der Waals surface area contributed by atoms with E-state index in [9.17, 15) is 18.0 Å². The number of nitrogens with zero attached hydrogens (tertiary/aromatic N) is 2. The van der Waals surface area contributed by atoms with E-state index in [1.165, 1.54) is 35.7 Å². The Morgan fingerprint density at radius 2 is 1.80 bits per heavy atom. The van der Waals surface area contributed by atoms with Gasteiger partial charge in [0.15, 0.2) is 17.5 Å². The van der Waals surface area contributed by atoms with Gasteiger partial charge in [-0.15, -0.1) is 11.3 Å². The van der Waals surface area contributed by atoms with Crippen LogP contribution in [0.15, 0.2) is 66.2 Å². The van der Waals surface area contributed by atoms with Crippen molar-refractivity contribution in [2.24, 2.45) is 0 Å². The zero-order valence-electron chi connectivity index (χ0n) is 15.4. The van der Waals surface area contributed by atoms with Crippen molar-refractivity contribution in [3.63, 3.8) is 0 Å². The average Bonchev–Trinajstić information content (AvgIpc) is 3.26. The topological polar surface area (TPSA) is 54.9 Å². The predicted octanol–water partition coefficient (Wildman–Crippen LogP) is 5.47. The molecule has 1 amide bonds. The molecule has 8 heteroatoms. The van der Waals surface area contributed by atoms with Gasteiger partial charge in [-0.2, -0.15) is 0 Å². The first-order valence-electron chi connectivity index (χ1n) is 8.90. The Morgan fingerprint density at radius 1 is 1.00 bits per heavy atom. The zero-order valence-corrected chi connectivity index (χ0v) is 16.2. The monoisotopic (exact) mass is 425 g/mol. The third-order valence-electron chi connectivity index (χ3n) is 4.27. The Balaban J connectivity index is 1.62. The van der Waals surface area contributed by atoms with Crippen LogP contribution in [-0.2, 0) is 11.2 Å². The molecule has 0 aliphatic heterocycles. The number of aromatic nitrogens is 2. The molecule has 0 saturated carbocycles. The Hall–Kier alpha value is -3.52. The molecular formula is C22H14F3N3OS. The maximum absolute atomic E-state index is 13.4. The van der Waals surface area contributed by atoms with E-state index in [4.69, 9.17) is 0 Å². The summed E-state index contributed by atoms with van der Waals surface area (Å²) in [6.45, 7) is 0. The molecule has 2 aromatic heterocycles. The minimum atomic E-state index is -1.01. The van der Waals surface area contributed by atoms with Gasteiger partial charge in [-0.25, -0.2) is 23.1 Å². The zero-order chi connectivity index (χ0) is 21.1. The molecule has 1 N–H and O–H groups in total. The number of hydrogen-bond acceptors (Lipinski definition) is 4. The van der Waals surface area contributed by atoms with Gasteiger partial charge in [0.25, 0.3) is 0 Å². The Morgan fingerprint density at radius 3 is 2.50 bits per heavy atom. The molecule has 150 valence electrons. The number of carbonyl (C=O) groups excluding carboxylic acids is 1. The SMILES string of the molecule is O=C(Cc1ccc(F)c(F)c1)Nc1ncc(-c2ccc(F)cc2)nc1-c1cccs1. The molecule has 4 nitrogen and oxygen atoms in total. The molecule has 0 radical (unpaired) electrons. The molecule has 4 rings (SSSR count). The van der Waals surface area contributed by atoms with Gasteiger partial charge in [-0.3, -0.25) is 4.79 Å². The van der Waals surface area contributed by atoms with Crippen molar-refractivity contribution in [3.8, 4) is 21.8 Å². The number of anilines is 1. The summed E-state index contributed by atoms with van der Waals surface area (Å²) in [7, 11) is 0. The maximum atomic E-state index is 13.4. The molecule has 2 heterocycles. The van der Waals surface area contributed by atoms with Crippen LogP contribution in [0.5, 0.6) is 0 Å². The highest BCUT2D eigenvalue weighted by Gasteiger charge is 2.15. The van der Waals surface area contributed by atoms with Gasteiger partial charge in [0.1, 0.15) is 11.5 Å². The molecule has 0 unspecified atom stereocenters. The van der Waals surface area contributed by atoms with Gasteiger partial charge < -0.3 is 5.32 Å². The highest BCUT2D eigenvalue weighted by Crippen LogP contribution is 2.31. The van der Waals surface area contributed by atoms with E-state index in [0.29, 0.717) is 22.5 Å². The van der Waals surface area contributed by atoms with Crippen LogP contribution in [-0.4, -0.2) is 15.9 Å². The lowest BCUT2D eigenvalue weighted by Gasteiger charge is -2.11. The van der Waals surface area contributed by atoms with Gasteiger partial charge >= 0.3 is 0 Å². The second-order valence-electron chi connectivity index (χ2n) is 6.41. The Labute approximate surface area is 174 Å². The standard InChI is InChI=1S/C22H14F3N3OS/c23-15-6-4-14(5-7-15)18-12-26-22(21(27-18)19-2-1-9-30-19)28-20(29)11-13-3-8-16(24)17(25)10-13/h1-10,12H,11H2,(H,26,28,29). The average molecular weight is 425 g/mol. The van der Waals surface area contributed by atoms with Crippen LogP contribution < -0.4 is 5.32 Å². The summed E-state index contributed by atoms with van der Waals surface area (Å²) in [4.78, 5) is 22.2. The summed E-state index contributed by atoms with van der Waals surface area (Å²) >= 11 is 1.43. The number of amides is 1. The van der Waals surface area contributed by atoms with E-state index in [2.05, 4.69) is 15.3 Å². The van der Waals surface area contributed by atoms with Crippen molar-refractivity contribution in [2.45, 2.75) is 6.42 Å². The summed E-state index contributed by atoms with van der Waals surface area (Å²) in [6.07, 6.45) is 1.33. The highest BCUT2D eigenvalue weighted by atomic mass is 32.1. The second-order valence-corrected chi connectivity index (χ2v) is 7.36. The number of rotatable bonds is 5. The van der Waals surface area contributed by atoms with Crippen molar-refractivity contribution < 1.29 is 18.0 Å². The smallest absolute Gasteiger partial charge is 0.230 e. The van der Waals surface area contributed by atoms with E-state index >= 15 is 0 Å². The number of nitrogens with one attached hydrogen (secondary N) is 1. The van der Waals surface area contributed by atoms with Crippen LogP contribution in [0.2, 0.25) is 0 Å². The number of halogens is 3. The van der Waals surface area contributed by atoms with Gasteiger partial charge in [0.05, 0.1) is 23.2 Å². The number of hydrogen-bond donors (Lipinski definition) is 1. The Kier molecular flexibility index (Phi) is 5.58. The first-order valence-corrected chi connectivity index (χ1v) is 9.78. The fourth-order valence-electron chi connectivity index (χ4n) is 2.84. The van der Waals surface area contributed by atoms with Crippen molar-refractivity contribution >= 4 is 23.1 Å². The minimum absolute atomic E-state index is 0.150. The summed E-state index contributed by atoms with van der Waals surface area (Å²) in [5.41, 5.74) is 2.00. The molecule has 2 aromatic carbocycles. The normalized spacial score (nSPS) is 10.8. The van der Waals surface area contributed by atoms with Gasteiger partial charge in [-0.05, 0) is 53.4 Å². The first-order chi connectivity index (χ1) is 14.5. The van der Waals surface area contributed by atoms with Crippen LogP contribution in [0.4, 0.5) is 19.0 Å². The van der Waals surface area contributed by atoms with Crippen LogP contribution in [0.1, 0.15) is 5.56 Å². The van der Waals surface area contributed by atoms with Crippen LogP contribution in [0.3, 0.4) is 0 Å². The lowest BCUT2D eigenvalue weighted by Crippen LogP contribution is -2.16.